The van der Waals surface area contributed by atoms with Gasteiger partial charge in [0.1, 0.15) is 11.4 Å². The standard InChI is InChI=1S/C16H30BN6O6.ClH.Tc/c1-10(2)9-17(27-21-14(6)11(3)18-24,28-22-15(7)12(4)19-25)29-23-16(8)13(5)20-26;;/h10,24-26H,9H2,1-8H3;1H;/q-1;;/p-2/b18-11-,19-12-,20-13-,21-14-,22-15-,23-16-;;/i;;1+1. The van der Waals surface area contributed by atoms with Crippen LogP contribution in [0.4, 0.5) is 0 Å². The Balaban J connectivity index is -0.00000392. The molecular formula is C16H29BClN6O6Tc-3. The molecule has 0 amide bonds. The van der Waals surface area contributed by atoms with Crippen molar-refractivity contribution in [3.63, 3.8) is 0 Å². The summed E-state index contributed by atoms with van der Waals surface area (Å²) in [5, 5.41) is 49.0. The van der Waals surface area contributed by atoms with Gasteiger partial charge >= 0.3 is 6.75 Å². The summed E-state index contributed by atoms with van der Waals surface area (Å²) in [7, 11) is 0. The first-order valence-corrected chi connectivity index (χ1v) is 8.90. The molecule has 0 saturated heterocycles. The zero-order valence-electron chi connectivity index (χ0n) is 18.8. The van der Waals surface area contributed by atoms with Gasteiger partial charge in [-0.1, -0.05) is 30.1 Å². The zero-order chi connectivity index (χ0) is 22.6. The molecule has 1 radical (unpaired) electrons. The van der Waals surface area contributed by atoms with E-state index in [1.54, 1.807) is 13.8 Å². The van der Waals surface area contributed by atoms with E-state index in [4.69, 9.17) is 24.7 Å². The van der Waals surface area contributed by atoms with E-state index in [2.05, 4.69) is 30.9 Å². The molecule has 12 nitrogen and oxygen atoms in total. The van der Waals surface area contributed by atoms with Crippen molar-refractivity contribution in [2.75, 3.05) is 0 Å². The summed E-state index contributed by atoms with van der Waals surface area (Å²) in [5.41, 5.74) is 1.30. The maximum Gasteiger partial charge on any atom is 0.609 e. The molecule has 15 heteroatoms. The molecular weight excluding hydrogens is 517 g/mol. The average molecular weight is 547 g/mol. The normalized spacial score (nSPS) is 14.6. The molecule has 0 saturated carbocycles. The maximum atomic E-state index is 10.7. The summed E-state index contributed by atoms with van der Waals surface area (Å²) in [6, 6.07) is 0. The number of halogens is 1. The average Bonchev–Trinajstić information content (AvgIpc) is 2.71. The van der Waals surface area contributed by atoms with Gasteiger partial charge in [-0.15, -0.1) is 15.5 Å². The fourth-order valence-electron chi connectivity index (χ4n) is 1.65. The summed E-state index contributed by atoms with van der Waals surface area (Å²) in [6.45, 7) is 10.2. The molecule has 0 aromatic carbocycles. The van der Waals surface area contributed by atoms with Gasteiger partial charge in [0.15, 0.2) is 0 Å². The van der Waals surface area contributed by atoms with Crippen molar-refractivity contribution in [3.8, 4) is 0 Å². The Morgan fingerprint density at radius 1 is 0.742 bits per heavy atom. The Hall–Kier alpha value is -2.18. The van der Waals surface area contributed by atoms with Crippen molar-refractivity contribution >= 4 is 41.0 Å². The topological polar surface area (TPSA) is 165 Å². The molecule has 179 valence electrons. The SMILES string of the molecule is CC(=N/[O-])/C(C)=N\O[B-](CC(C)C)(O/N=C(C)\C(C)=N/O)O/N=C(C)\C(C)=N/O.[99Tc].[Cl-]. The Morgan fingerprint density at radius 3 is 1.32 bits per heavy atom. The smallest absolute Gasteiger partial charge is 0.609 e. The first-order valence-electron chi connectivity index (χ1n) is 8.90. The van der Waals surface area contributed by atoms with Gasteiger partial charge in [-0.25, -0.2) is 0 Å². The summed E-state index contributed by atoms with van der Waals surface area (Å²) in [6.07, 6.45) is 0.183. The number of oxime groups is 5. The third-order valence-corrected chi connectivity index (χ3v) is 3.82. The van der Waals surface area contributed by atoms with Crippen molar-refractivity contribution in [3.05, 3.63) is 5.21 Å². The molecule has 2 N–H and O–H groups in total. The Labute approximate surface area is 201 Å². The molecule has 0 aliphatic rings. The molecule has 0 bridgehead atoms. The fourth-order valence-corrected chi connectivity index (χ4v) is 1.65. The first-order chi connectivity index (χ1) is 13.5. The van der Waals surface area contributed by atoms with Crippen molar-refractivity contribution in [1.29, 1.82) is 0 Å². The third kappa shape index (κ3) is 12.3. The quantitative estimate of drug-likeness (QED) is 0.165. The van der Waals surface area contributed by atoms with Crippen LogP contribution in [0.25, 0.3) is 0 Å². The van der Waals surface area contributed by atoms with Gasteiger partial charge in [-0.3, -0.25) is 0 Å². The molecule has 0 fully saturated rings. The summed E-state index contributed by atoms with van der Waals surface area (Å²) in [4.78, 5) is 0. The van der Waals surface area contributed by atoms with Crippen LogP contribution in [0.3, 0.4) is 0 Å². The van der Waals surface area contributed by atoms with E-state index in [-0.39, 0.29) is 79.0 Å². The van der Waals surface area contributed by atoms with Gasteiger partial charge < -0.3 is 47.4 Å². The summed E-state index contributed by atoms with van der Waals surface area (Å²) < 4.78 is 16.6. The first kappa shape index (κ1) is 33.5. The van der Waals surface area contributed by atoms with Crippen LogP contribution in [0.15, 0.2) is 30.9 Å². The van der Waals surface area contributed by atoms with E-state index in [1.807, 2.05) is 13.8 Å². The second kappa shape index (κ2) is 16.5. The Bertz CT molecular complexity index is 654. The van der Waals surface area contributed by atoms with E-state index >= 15 is 0 Å². The molecule has 0 heterocycles. The molecule has 0 spiro atoms. The van der Waals surface area contributed by atoms with Gasteiger partial charge in [0.05, 0.1) is 22.8 Å². The minimum absolute atomic E-state index is 0. The zero-order valence-corrected chi connectivity index (χ0v) is 21.4. The fraction of sp³-hybridized carbons (Fsp3) is 0.625. The molecule has 0 aliphatic carbocycles. The summed E-state index contributed by atoms with van der Waals surface area (Å²) >= 11 is 0. The largest absolute Gasteiger partial charge is 1.00 e. The predicted molar refractivity (Wildman–Crippen MR) is 114 cm³/mol. The van der Waals surface area contributed by atoms with E-state index in [9.17, 15) is 5.21 Å². The van der Waals surface area contributed by atoms with Gasteiger partial charge in [0, 0.05) is 20.1 Å². The van der Waals surface area contributed by atoms with Gasteiger partial charge in [0.2, 0.25) is 0 Å². The van der Waals surface area contributed by atoms with Crippen LogP contribution in [0.1, 0.15) is 55.4 Å². The second-order valence-electron chi connectivity index (χ2n) is 6.81. The van der Waals surface area contributed by atoms with E-state index in [0.29, 0.717) is 0 Å². The second-order valence-corrected chi connectivity index (χ2v) is 6.81. The van der Waals surface area contributed by atoms with Crippen molar-refractivity contribution in [2.24, 2.45) is 36.9 Å². The number of rotatable bonds is 11. The van der Waals surface area contributed by atoms with Crippen LogP contribution in [-0.4, -0.2) is 51.4 Å². The molecule has 0 rings (SSSR count). The molecule has 0 aromatic rings. The monoisotopic (exact) mass is 546 g/mol. The van der Waals surface area contributed by atoms with E-state index in [0.717, 1.165) is 0 Å². The molecule has 31 heavy (non-hydrogen) atoms. The maximum absolute atomic E-state index is 10.7. The molecule has 0 aromatic heterocycles. The van der Waals surface area contributed by atoms with Crippen LogP contribution < -0.4 is 12.4 Å². The number of nitrogens with zero attached hydrogens (tertiary/aromatic N) is 6. The minimum atomic E-state index is -2.73. The van der Waals surface area contributed by atoms with Crippen LogP contribution in [0.5, 0.6) is 0 Å². The summed E-state index contributed by atoms with van der Waals surface area (Å²) in [5.74, 6) is 0.00556. The van der Waals surface area contributed by atoms with Gasteiger partial charge in [0.25, 0.3) is 0 Å². The molecule has 0 atom stereocenters. The molecule has 0 unspecified atom stereocenters. The van der Waals surface area contributed by atoms with Crippen LogP contribution in [0.2, 0.25) is 6.32 Å². The minimum Gasteiger partial charge on any atom is -1.00 e. The Morgan fingerprint density at radius 2 is 1.06 bits per heavy atom. The number of hydrogen-bond acceptors (Lipinski definition) is 12. The van der Waals surface area contributed by atoms with Crippen LogP contribution in [0, 0.1) is 11.1 Å². The van der Waals surface area contributed by atoms with Gasteiger partial charge in [-0.05, 0) is 47.9 Å². The van der Waals surface area contributed by atoms with Crippen molar-refractivity contribution < 1.29 is 57.2 Å². The number of hydrogen-bond donors (Lipinski definition) is 2. The van der Waals surface area contributed by atoms with Crippen LogP contribution >= 0.6 is 0 Å². The predicted octanol–water partition coefficient (Wildman–Crippen LogP) is 0.419. The van der Waals surface area contributed by atoms with E-state index in [1.165, 1.54) is 27.7 Å². The van der Waals surface area contributed by atoms with Crippen molar-refractivity contribution in [1.82, 2.24) is 0 Å². The van der Waals surface area contributed by atoms with E-state index < -0.39 is 6.75 Å². The van der Waals surface area contributed by atoms with Gasteiger partial charge in [-0.2, -0.15) is 0 Å². The molecule has 0 aliphatic heterocycles. The third-order valence-electron chi connectivity index (χ3n) is 3.82. The Kier molecular flexibility index (Phi) is 17.8. The van der Waals surface area contributed by atoms with Crippen LogP contribution in [-0.2, 0) is 34.4 Å². The van der Waals surface area contributed by atoms with Crippen molar-refractivity contribution in [2.45, 2.75) is 61.7 Å².